The van der Waals surface area contributed by atoms with Crippen LogP contribution < -0.4 is 5.73 Å². The molecule has 1 aromatic heterocycles. The lowest BCUT2D eigenvalue weighted by molar-refractivity contribution is 0.183. The maximum atomic E-state index is 6.05. The van der Waals surface area contributed by atoms with Gasteiger partial charge in [-0.1, -0.05) is 19.8 Å². The molecule has 4 heteroatoms. The number of rotatable bonds is 5. The first-order valence-corrected chi connectivity index (χ1v) is 5.42. The summed E-state index contributed by atoms with van der Waals surface area (Å²) in [6, 6.07) is 0. The predicted molar refractivity (Wildman–Crippen MR) is 65.1 cm³/mol. The molecule has 0 saturated carbocycles. The molecule has 1 atom stereocenters. The van der Waals surface area contributed by atoms with Gasteiger partial charge in [-0.3, -0.25) is 0 Å². The van der Waals surface area contributed by atoms with Gasteiger partial charge in [-0.2, -0.15) is 0 Å². The van der Waals surface area contributed by atoms with Gasteiger partial charge in [0.2, 0.25) is 0 Å². The lowest BCUT2D eigenvalue weighted by atomic mass is 10.1. The zero-order chi connectivity index (χ0) is 12.1. The van der Waals surface area contributed by atoms with Gasteiger partial charge in [-0.25, -0.2) is 4.98 Å². The highest BCUT2D eigenvalue weighted by Gasteiger charge is 2.17. The van der Waals surface area contributed by atoms with Gasteiger partial charge in [-0.15, -0.1) is 6.42 Å². The number of ether oxygens (including phenoxy) is 1. The first kappa shape index (κ1) is 12.6. The van der Waals surface area contributed by atoms with Crippen molar-refractivity contribution < 1.29 is 4.74 Å². The average molecular weight is 221 g/mol. The fraction of sp³-hybridized carbons (Fsp3) is 0.583. The Bertz CT molecular complexity index is 390. The van der Waals surface area contributed by atoms with Gasteiger partial charge in [0.15, 0.2) is 0 Å². The van der Waals surface area contributed by atoms with E-state index >= 15 is 0 Å². The van der Waals surface area contributed by atoms with Crippen LogP contribution in [0.1, 0.15) is 31.3 Å². The SMILES string of the molecule is C#CCn1c(CC)nc(C(C)COC)c1N. The monoisotopic (exact) mass is 221 g/mol. The van der Waals surface area contributed by atoms with Crippen LogP contribution in [0, 0.1) is 12.3 Å². The standard InChI is InChI=1S/C12H19N3O/c1-5-7-15-10(6-2)14-11(12(15)13)9(3)8-16-4/h1,9H,6-8,13H2,2-4H3. The maximum Gasteiger partial charge on any atom is 0.128 e. The molecule has 2 N–H and O–H groups in total. The average Bonchev–Trinajstić information content (AvgIpc) is 2.57. The molecule has 0 fully saturated rings. The Morgan fingerprint density at radius 2 is 2.31 bits per heavy atom. The second-order valence-electron chi connectivity index (χ2n) is 3.80. The van der Waals surface area contributed by atoms with Crippen molar-refractivity contribution in [1.82, 2.24) is 9.55 Å². The van der Waals surface area contributed by atoms with Crippen LogP contribution in [-0.4, -0.2) is 23.3 Å². The van der Waals surface area contributed by atoms with Gasteiger partial charge >= 0.3 is 0 Å². The number of anilines is 1. The number of aryl methyl sites for hydroxylation is 1. The Morgan fingerprint density at radius 3 is 2.81 bits per heavy atom. The molecule has 0 spiro atoms. The van der Waals surface area contributed by atoms with Crippen LogP contribution in [0.3, 0.4) is 0 Å². The molecular formula is C12H19N3O. The van der Waals surface area contributed by atoms with Gasteiger partial charge in [0.25, 0.3) is 0 Å². The first-order chi connectivity index (χ1) is 7.65. The van der Waals surface area contributed by atoms with Crippen LogP contribution in [0.25, 0.3) is 0 Å². The zero-order valence-corrected chi connectivity index (χ0v) is 10.2. The quantitative estimate of drug-likeness (QED) is 0.765. The van der Waals surface area contributed by atoms with Crippen molar-refractivity contribution in [1.29, 1.82) is 0 Å². The predicted octanol–water partition coefficient (Wildman–Crippen LogP) is 1.41. The minimum atomic E-state index is 0.189. The summed E-state index contributed by atoms with van der Waals surface area (Å²) in [5.41, 5.74) is 6.93. The van der Waals surface area contributed by atoms with Crippen molar-refractivity contribution in [2.75, 3.05) is 19.5 Å². The summed E-state index contributed by atoms with van der Waals surface area (Å²) in [4.78, 5) is 4.53. The van der Waals surface area contributed by atoms with Crippen LogP contribution in [0.5, 0.6) is 0 Å². The maximum absolute atomic E-state index is 6.05. The fourth-order valence-electron chi connectivity index (χ4n) is 1.76. The molecule has 16 heavy (non-hydrogen) atoms. The highest BCUT2D eigenvalue weighted by molar-refractivity contribution is 5.41. The molecule has 1 aromatic rings. The van der Waals surface area contributed by atoms with Crippen molar-refractivity contribution in [3.05, 3.63) is 11.5 Å². The zero-order valence-electron chi connectivity index (χ0n) is 10.2. The summed E-state index contributed by atoms with van der Waals surface area (Å²) in [7, 11) is 1.67. The van der Waals surface area contributed by atoms with Gasteiger partial charge < -0.3 is 15.0 Å². The van der Waals surface area contributed by atoms with Crippen LogP contribution in [0.15, 0.2) is 0 Å². The van der Waals surface area contributed by atoms with Crippen LogP contribution in [-0.2, 0) is 17.7 Å². The third kappa shape index (κ3) is 2.37. The number of hydrogen-bond donors (Lipinski definition) is 1. The van der Waals surface area contributed by atoms with Gasteiger partial charge in [0, 0.05) is 19.4 Å². The number of nitrogen functional groups attached to an aromatic ring is 1. The largest absolute Gasteiger partial charge is 0.384 e. The number of nitrogens with zero attached hydrogens (tertiary/aromatic N) is 2. The molecule has 88 valence electrons. The molecule has 0 saturated heterocycles. The Hall–Kier alpha value is -1.47. The number of aromatic nitrogens is 2. The number of methoxy groups -OCH3 is 1. The molecular weight excluding hydrogens is 202 g/mol. The number of imidazole rings is 1. The molecule has 4 nitrogen and oxygen atoms in total. The van der Waals surface area contributed by atoms with Crippen LogP contribution in [0.4, 0.5) is 5.82 Å². The van der Waals surface area contributed by atoms with E-state index in [1.165, 1.54) is 0 Å². The number of nitrogens with two attached hydrogens (primary N) is 1. The molecule has 1 unspecified atom stereocenters. The lowest BCUT2D eigenvalue weighted by Gasteiger charge is -2.08. The second kappa shape index (κ2) is 5.57. The summed E-state index contributed by atoms with van der Waals surface area (Å²) in [5, 5.41) is 0. The van der Waals surface area contributed by atoms with Crippen molar-refractivity contribution in [3.8, 4) is 12.3 Å². The summed E-state index contributed by atoms with van der Waals surface area (Å²) in [5.74, 6) is 4.39. The molecule has 0 aliphatic rings. The molecule has 0 aromatic carbocycles. The number of terminal acetylenes is 1. The summed E-state index contributed by atoms with van der Waals surface area (Å²) < 4.78 is 7.00. The van der Waals surface area contributed by atoms with E-state index in [1.807, 2.05) is 18.4 Å². The van der Waals surface area contributed by atoms with Gasteiger partial charge in [0.05, 0.1) is 18.8 Å². The summed E-state index contributed by atoms with van der Waals surface area (Å²) >= 11 is 0. The molecule has 1 heterocycles. The van der Waals surface area contributed by atoms with Crippen LogP contribution in [0.2, 0.25) is 0 Å². The minimum absolute atomic E-state index is 0.189. The van der Waals surface area contributed by atoms with E-state index in [1.54, 1.807) is 7.11 Å². The third-order valence-electron chi connectivity index (χ3n) is 2.56. The third-order valence-corrected chi connectivity index (χ3v) is 2.56. The topological polar surface area (TPSA) is 53.1 Å². The smallest absolute Gasteiger partial charge is 0.128 e. The summed E-state index contributed by atoms with van der Waals surface area (Å²) in [6.07, 6.45) is 6.14. The minimum Gasteiger partial charge on any atom is -0.384 e. The number of hydrogen-bond acceptors (Lipinski definition) is 3. The normalized spacial score (nSPS) is 12.4. The summed E-state index contributed by atoms with van der Waals surface area (Å²) in [6.45, 7) is 5.17. The van der Waals surface area contributed by atoms with E-state index in [9.17, 15) is 0 Å². The molecule has 0 bridgehead atoms. The van der Waals surface area contributed by atoms with E-state index < -0.39 is 0 Å². The van der Waals surface area contributed by atoms with Crippen molar-refractivity contribution in [2.45, 2.75) is 32.7 Å². The molecule has 0 amide bonds. The van der Waals surface area contributed by atoms with Gasteiger partial charge in [-0.05, 0) is 0 Å². The van der Waals surface area contributed by atoms with Crippen molar-refractivity contribution >= 4 is 5.82 Å². The molecule has 1 rings (SSSR count). The highest BCUT2D eigenvalue weighted by atomic mass is 16.5. The van der Waals surface area contributed by atoms with E-state index in [4.69, 9.17) is 16.9 Å². The van der Waals surface area contributed by atoms with E-state index in [0.717, 1.165) is 17.9 Å². The second-order valence-corrected chi connectivity index (χ2v) is 3.80. The first-order valence-electron chi connectivity index (χ1n) is 5.42. The van der Waals surface area contributed by atoms with E-state index in [0.29, 0.717) is 19.0 Å². The molecule has 0 aliphatic carbocycles. The Morgan fingerprint density at radius 1 is 1.62 bits per heavy atom. The van der Waals surface area contributed by atoms with E-state index in [2.05, 4.69) is 10.9 Å². The Balaban J connectivity index is 3.08. The fourth-order valence-corrected chi connectivity index (χ4v) is 1.76. The highest BCUT2D eigenvalue weighted by Crippen LogP contribution is 2.23. The lowest BCUT2D eigenvalue weighted by Crippen LogP contribution is -2.08. The van der Waals surface area contributed by atoms with E-state index in [-0.39, 0.29) is 5.92 Å². The molecule has 0 aliphatic heterocycles. The Labute approximate surface area is 96.8 Å². The molecule has 0 radical (unpaired) electrons. The van der Waals surface area contributed by atoms with Crippen molar-refractivity contribution in [3.63, 3.8) is 0 Å². The Kier molecular flexibility index (Phi) is 4.39. The van der Waals surface area contributed by atoms with Gasteiger partial charge in [0.1, 0.15) is 11.6 Å². The van der Waals surface area contributed by atoms with Crippen LogP contribution >= 0.6 is 0 Å². The van der Waals surface area contributed by atoms with Crippen molar-refractivity contribution in [2.24, 2.45) is 0 Å².